The molecular weight excluding hydrogens is 523 g/mol. The summed E-state index contributed by atoms with van der Waals surface area (Å²) in [6, 6.07) is 16.7. The summed E-state index contributed by atoms with van der Waals surface area (Å²) in [6.07, 6.45) is 0.868. The average Bonchev–Trinajstić information content (AvgIpc) is 2.70. The molecule has 0 bridgehead atoms. The second kappa shape index (κ2) is 9.65. The minimum atomic E-state index is -0.885. The van der Waals surface area contributed by atoms with Gasteiger partial charge in [0, 0.05) is 18.4 Å². The zero-order chi connectivity index (χ0) is 21.0. The lowest BCUT2D eigenvalue weighted by molar-refractivity contribution is -0.136. The first kappa shape index (κ1) is 21.7. The number of carbonyl (C=O) groups is 1. The van der Waals surface area contributed by atoms with Crippen LogP contribution in [-0.4, -0.2) is 16.2 Å². The van der Waals surface area contributed by atoms with Crippen LogP contribution in [0, 0.1) is 0 Å². The van der Waals surface area contributed by atoms with E-state index in [-0.39, 0.29) is 12.2 Å². The van der Waals surface area contributed by atoms with Crippen LogP contribution in [0.4, 0.5) is 0 Å². The Balaban J connectivity index is 1.87. The number of phenolic OH excluding ortho intramolecular Hbond substituents is 1. The second-order valence-corrected chi connectivity index (χ2v) is 8.45. The van der Waals surface area contributed by atoms with Crippen molar-refractivity contribution in [3.05, 3.63) is 85.3 Å². The van der Waals surface area contributed by atoms with Gasteiger partial charge in [0.2, 0.25) is 0 Å². The predicted molar refractivity (Wildman–Crippen MR) is 120 cm³/mol. The Morgan fingerprint density at radius 1 is 1.03 bits per heavy atom. The Morgan fingerprint density at radius 3 is 2.45 bits per heavy atom. The quantitative estimate of drug-likeness (QED) is 0.318. The number of benzene rings is 3. The van der Waals surface area contributed by atoms with E-state index < -0.39 is 5.97 Å². The van der Waals surface area contributed by atoms with Gasteiger partial charge >= 0.3 is 5.97 Å². The highest BCUT2D eigenvalue weighted by molar-refractivity contribution is 9.11. The van der Waals surface area contributed by atoms with E-state index in [0.717, 1.165) is 11.1 Å². The SMILES string of the molecule is O=C(O)CCc1cc(Br)c(Oc2ccc(O)c(Cc3ccccc3)c2)c(Br)c1Cl. The number of halogens is 3. The Morgan fingerprint density at radius 2 is 1.76 bits per heavy atom. The van der Waals surface area contributed by atoms with Crippen molar-refractivity contribution in [1.82, 2.24) is 0 Å². The van der Waals surface area contributed by atoms with Gasteiger partial charge in [-0.15, -0.1) is 0 Å². The zero-order valence-corrected chi connectivity index (χ0v) is 19.1. The third kappa shape index (κ3) is 5.53. The number of carboxylic acid groups (broad SMARTS) is 1. The van der Waals surface area contributed by atoms with Gasteiger partial charge in [-0.1, -0.05) is 41.9 Å². The number of hydrogen-bond donors (Lipinski definition) is 2. The summed E-state index contributed by atoms with van der Waals surface area (Å²) >= 11 is 13.3. The van der Waals surface area contributed by atoms with Crippen molar-refractivity contribution in [2.45, 2.75) is 19.3 Å². The molecule has 0 fully saturated rings. The molecule has 0 unspecified atom stereocenters. The van der Waals surface area contributed by atoms with Crippen molar-refractivity contribution >= 4 is 49.4 Å². The van der Waals surface area contributed by atoms with Crippen molar-refractivity contribution in [2.24, 2.45) is 0 Å². The molecule has 0 aliphatic carbocycles. The smallest absolute Gasteiger partial charge is 0.303 e. The molecule has 0 saturated carbocycles. The average molecular weight is 541 g/mol. The Labute approximate surface area is 190 Å². The van der Waals surface area contributed by atoms with Crippen LogP contribution in [0.1, 0.15) is 23.1 Å². The molecule has 0 spiro atoms. The third-order valence-corrected chi connectivity index (χ3v) is 6.31. The maximum atomic E-state index is 10.8. The van der Waals surface area contributed by atoms with Crippen molar-refractivity contribution < 1.29 is 19.7 Å². The lowest BCUT2D eigenvalue weighted by Crippen LogP contribution is -1.99. The number of rotatable bonds is 7. The number of aryl methyl sites for hydroxylation is 1. The molecule has 2 N–H and O–H groups in total. The lowest BCUT2D eigenvalue weighted by atomic mass is 10.0. The molecule has 0 aliphatic rings. The van der Waals surface area contributed by atoms with Crippen LogP contribution in [0.5, 0.6) is 17.2 Å². The molecule has 0 heterocycles. The first-order valence-electron chi connectivity index (χ1n) is 8.77. The highest BCUT2D eigenvalue weighted by Gasteiger charge is 2.17. The molecule has 3 aromatic rings. The van der Waals surface area contributed by atoms with Crippen molar-refractivity contribution in [2.75, 3.05) is 0 Å². The highest BCUT2D eigenvalue weighted by atomic mass is 79.9. The number of phenols is 1. The first-order chi connectivity index (χ1) is 13.8. The van der Waals surface area contributed by atoms with Gasteiger partial charge in [-0.05, 0) is 73.7 Å². The molecule has 0 saturated heterocycles. The van der Waals surface area contributed by atoms with Crippen LogP contribution in [0.2, 0.25) is 5.02 Å². The van der Waals surface area contributed by atoms with E-state index in [4.69, 9.17) is 21.4 Å². The molecule has 150 valence electrons. The molecule has 0 amide bonds. The molecule has 0 radical (unpaired) electrons. The molecule has 0 aromatic heterocycles. The molecule has 4 nitrogen and oxygen atoms in total. The maximum Gasteiger partial charge on any atom is 0.303 e. The van der Waals surface area contributed by atoms with E-state index in [1.165, 1.54) is 0 Å². The fraction of sp³-hybridized carbons (Fsp3) is 0.136. The summed E-state index contributed by atoms with van der Waals surface area (Å²) in [5.74, 6) is 0.333. The summed E-state index contributed by atoms with van der Waals surface area (Å²) in [5.41, 5.74) is 2.52. The van der Waals surface area contributed by atoms with Gasteiger partial charge < -0.3 is 14.9 Å². The van der Waals surface area contributed by atoms with Crippen molar-refractivity contribution in [3.63, 3.8) is 0 Å². The van der Waals surface area contributed by atoms with E-state index in [2.05, 4.69) is 31.9 Å². The third-order valence-electron chi connectivity index (χ3n) is 4.31. The number of aromatic hydroxyl groups is 1. The molecule has 29 heavy (non-hydrogen) atoms. The van der Waals surface area contributed by atoms with Crippen LogP contribution in [0.3, 0.4) is 0 Å². The maximum absolute atomic E-state index is 10.8. The van der Waals surface area contributed by atoms with Crippen LogP contribution >= 0.6 is 43.5 Å². The van der Waals surface area contributed by atoms with Gasteiger partial charge in [-0.3, -0.25) is 4.79 Å². The van der Waals surface area contributed by atoms with Gasteiger partial charge in [0.25, 0.3) is 0 Å². The van der Waals surface area contributed by atoms with E-state index in [0.29, 0.717) is 43.9 Å². The summed E-state index contributed by atoms with van der Waals surface area (Å²) in [5, 5.41) is 19.5. The highest BCUT2D eigenvalue weighted by Crippen LogP contribution is 2.43. The summed E-state index contributed by atoms with van der Waals surface area (Å²) in [7, 11) is 0. The molecular formula is C22H17Br2ClO4. The molecule has 7 heteroatoms. The van der Waals surface area contributed by atoms with E-state index in [1.54, 1.807) is 24.3 Å². The van der Waals surface area contributed by atoms with Gasteiger partial charge in [0.1, 0.15) is 11.5 Å². The Bertz CT molecular complexity index is 1040. The van der Waals surface area contributed by atoms with E-state index >= 15 is 0 Å². The summed E-state index contributed by atoms with van der Waals surface area (Å²) in [6.45, 7) is 0. The predicted octanol–water partition coefficient (Wildman–Crippen LogP) is 6.97. The fourth-order valence-electron chi connectivity index (χ4n) is 2.85. The Kier molecular flexibility index (Phi) is 7.22. The van der Waals surface area contributed by atoms with Crippen LogP contribution in [0.25, 0.3) is 0 Å². The second-order valence-electron chi connectivity index (χ2n) is 6.42. The van der Waals surface area contributed by atoms with Gasteiger partial charge in [-0.2, -0.15) is 0 Å². The number of carboxylic acids is 1. The molecule has 3 aromatic carbocycles. The van der Waals surface area contributed by atoms with Crippen LogP contribution < -0.4 is 4.74 Å². The summed E-state index contributed by atoms with van der Waals surface area (Å²) < 4.78 is 7.21. The Hall–Kier alpha value is -2.02. The number of ether oxygens (including phenoxy) is 1. The topological polar surface area (TPSA) is 66.8 Å². The van der Waals surface area contributed by atoms with E-state index in [1.807, 2.05) is 30.3 Å². The lowest BCUT2D eigenvalue weighted by Gasteiger charge is -2.15. The van der Waals surface area contributed by atoms with Gasteiger partial charge in [0.15, 0.2) is 5.75 Å². The first-order valence-corrected chi connectivity index (χ1v) is 10.7. The minimum Gasteiger partial charge on any atom is -0.508 e. The van der Waals surface area contributed by atoms with E-state index in [9.17, 15) is 9.90 Å². The molecule has 0 atom stereocenters. The van der Waals surface area contributed by atoms with Gasteiger partial charge in [-0.25, -0.2) is 0 Å². The normalized spacial score (nSPS) is 10.7. The van der Waals surface area contributed by atoms with Crippen molar-refractivity contribution in [1.29, 1.82) is 0 Å². The molecule has 0 aliphatic heterocycles. The van der Waals surface area contributed by atoms with Crippen LogP contribution in [0.15, 0.2) is 63.5 Å². The summed E-state index contributed by atoms with van der Waals surface area (Å²) in [4.78, 5) is 10.8. The fourth-order valence-corrected chi connectivity index (χ4v) is 4.45. The van der Waals surface area contributed by atoms with Gasteiger partial charge in [0.05, 0.1) is 14.0 Å². The molecule has 3 rings (SSSR count). The monoisotopic (exact) mass is 538 g/mol. The van der Waals surface area contributed by atoms with Crippen molar-refractivity contribution in [3.8, 4) is 17.2 Å². The number of hydrogen-bond acceptors (Lipinski definition) is 3. The number of aliphatic carboxylic acids is 1. The zero-order valence-electron chi connectivity index (χ0n) is 15.2. The van der Waals surface area contributed by atoms with Crippen LogP contribution in [-0.2, 0) is 17.6 Å². The largest absolute Gasteiger partial charge is 0.508 e. The standard InChI is InChI=1S/C22H17Br2ClO4/c23-17-12-14(6-9-19(27)28)21(25)20(24)22(17)29-16-7-8-18(26)15(11-16)10-13-4-2-1-3-5-13/h1-5,7-8,11-12,26H,6,9-10H2,(H,27,28). The minimum absolute atomic E-state index is 0.0143.